The minimum atomic E-state index is -0.837. The number of nitro groups is 1. The van der Waals surface area contributed by atoms with Gasteiger partial charge in [-0.2, -0.15) is 0 Å². The Kier molecular flexibility index (Phi) is 5.22. The molecule has 0 fully saturated rings. The van der Waals surface area contributed by atoms with Gasteiger partial charge in [-0.05, 0) is 6.07 Å². The Hall–Kier alpha value is -2.19. The smallest absolute Gasteiger partial charge is 0.311 e. The topological polar surface area (TPSA) is 122 Å². The molecule has 0 aliphatic heterocycles. The lowest BCUT2D eigenvalue weighted by molar-refractivity contribution is -0.385. The van der Waals surface area contributed by atoms with E-state index < -0.39 is 30.1 Å². The lowest BCUT2D eigenvalue weighted by Gasteiger charge is -2.14. The van der Waals surface area contributed by atoms with Crippen LogP contribution in [0.3, 0.4) is 0 Å². The molecular formula is C11H14N2O6. The van der Waals surface area contributed by atoms with Crippen LogP contribution in [0.25, 0.3) is 0 Å². The predicted molar refractivity (Wildman–Crippen MR) is 65.1 cm³/mol. The first-order valence-electron chi connectivity index (χ1n) is 5.39. The summed E-state index contributed by atoms with van der Waals surface area (Å²) in [6, 6.07) is 3.08. The number of ether oxygens (including phenoxy) is 1. The van der Waals surface area contributed by atoms with Crippen molar-refractivity contribution in [3.63, 3.8) is 0 Å². The average molecular weight is 270 g/mol. The van der Waals surface area contributed by atoms with Crippen molar-refractivity contribution < 1.29 is 24.7 Å². The SMILES string of the molecule is COc1c(C(=O)NC(CO)CO)cccc1[N+](=O)[O-]. The molecule has 0 aromatic heterocycles. The Bertz CT molecular complexity index is 472. The third-order valence-corrected chi connectivity index (χ3v) is 2.42. The van der Waals surface area contributed by atoms with Crippen LogP contribution in [0.5, 0.6) is 5.75 Å². The lowest BCUT2D eigenvalue weighted by atomic mass is 10.1. The van der Waals surface area contributed by atoms with Gasteiger partial charge < -0.3 is 20.3 Å². The van der Waals surface area contributed by atoms with Crippen molar-refractivity contribution in [1.29, 1.82) is 0 Å². The molecule has 0 radical (unpaired) electrons. The standard InChI is InChI=1S/C11H14N2O6/c1-19-10-8(3-2-4-9(10)13(17)18)11(16)12-7(5-14)6-15/h2-4,7,14-15H,5-6H2,1H3,(H,12,16). The molecule has 0 aliphatic rings. The molecule has 0 heterocycles. The van der Waals surface area contributed by atoms with E-state index in [0.717, 1.165) is 0 Å². The van der Waals surface area contributed by atoms with Gasteiger partial charge in [0.15, 0.2) is 0 Å². The van der Waals surface area contributed by atoms with Crippen molar-refractivity contribution in [2.24, 2.45) is 0 Å². The summed E-state index contributed by atoms with van der Waals surface area (Å²) in [6.07, 6.45) is 0. The Labute approximate surface area is 108 Å². The Balaban J connectivity index is 3.09. The first-order valence-corrected chi connectivity index (χ1v) is 5.39. The minimum absolute atomic E-state index is 0.0383. The van der Waals surface area contributed by atoms with Crippen LogP contribution >= 0.6 is 0 Å². The van der Waals surface area contributed by atoms with E-state index in [4.69, 9.17) is 14.9 Å². The summed E-state index contributed by atoms with van der Waals surface area (Å²) in [5, 5.41) is 30.9. The van der Waals surface area contributed by atoms with Gasteiger partial charge in [-0.1, -0.05) is 6.07 Å². The molecule has 1 amide bonds. The van der Waals surface area contributed by atoms with Gasteiger partial charge in [0.25, 0.3) is 5.91 Å². The number of para-hydroxylation sites is 1. The first kappa shape index (κ1) is 14.9. The van der Waals surface area contributed by atoms with E-state index in [9.17, 15) is 14.9 Å². The highest BCUT2D eigenvalue weighted by molar-refractivity contribution is 5.98. The maximum absolute atomic E-state index is 11.9. The van der Waals surface area contributed by atoms with Gasteiger partial charge in [0.2, 0.25) is 5.75 Å². The van der Waals surface area contributed by atoms with Crippen molar-refractivity contribution in [1.82, 2.24) is 5.32 Å². The number of hydrogen-bond donors (Lipinski definition) is 3. The number of nitrogens with one attached hydrogen (secondary N) is 1. The molecule has 3 N–H and O–H groups in total. The van der Waals surface area contributed by atoms with Crippen LogP contribution in [0.15, 0.2) is 18.2 Å². The second-order valence-electron chi connectivity index (χ2n) is 3.65. The fraction of sp³-hybridized carbons (Fsp3) is 0.364. The fourth-order valence-electron chi connectivity index (χ4n) is 1.47. The van der Waals surface area contributed by atoms with Gasteiger partial charge >= 0.3 is 5.69 Å². The molecule has 8 nitrogen and oxygen atoms in total. The monoisotopic (exact) mass is 270 g/mol. The predicted octanol–water partition coefficient (Wildman–Crippen LogP) is -0.314. The van der Waals surface area contributed by atoms with Crippen LogP contribution in [-0.4, -0.2) is 47.4 Å². The number of methoxy groups -OCH3 is 1. The number of nitro benzene ring substituents is 1. The number of benzene rings is 1. The number of amides is 1. The summed E-state index contributed by atoms with van der Waals surface area (Å²) in [7, 11) is 1.22. The van der Waals surface area contributed by atoms with Gasteiger partial charge in [-0.3, -0.25) is 14.9 Å². The van der Waals surface area contributed by atoms with Crippen LogP contribution in [0, 0.1) is 10.1 Å². The molecule has 19 heavy (non-hydrogen) atoms. The molecule has 0 atom stereocenters. The van der Waals surface area contributed by atoms with Gasteiger partial charge in [0.1, 0.15) is 0 Å². The number of aliphatic hydroxyl groups is 2. The number of aliphatic hydroxyl groups excluding tert-OH is 2. The number of nitrogens with zero attached hydrogens (tertiary/aromatic N) is 1. The molecule has 104 valence electrons. The molecule has 0 saturated heterocycles. The normalized spacial score (nSPS) is 10.3. The molecule has 1 aromatic rings. The highest BCUT2D eigenvalue weighted by atomic mass is 16.6. The maximum atomic E-state index is 11.9. The molecule has 0 aliphatic carbocycles. The van der Waals surface area contributed by atoms with Crippen LogP contribution in [-0.2, 0) is 0 Å². The fourth-order valence-corrected chi connectivity index (χ4v) is 1.47. The van der Waals surface area contributed by atoms with Crippen molar-refractivity contribution in [2.45, 2.75) is 6.04 Å². The number of rotatable bonds is 6. The average Bonchev–Trinajstić information content (AvgIpc) is 2.43. The zero-order valence-corrected chi connectivity index (χ0v) is 10.2. The van der Waals surface area contributed by atoms with Crippen molar-refractivity contribution in [3.05, 3.63) is 33.9 Å². The highest BCUT2D eigenvalue weighted by Gasteiger charge is 2.23. The van der Waals surface area contributed by atoms with E-state index in [0.29, 0.717) is 0 Å². The molecule has 1 rings (SSSR count). The van der Waals surface area contributed by atoms with E-state index in [2.05, 4.69) is 5.32 Å². The summed E-state index contributed by atoms with van der Waals surface area (Å²) in [4.78, 5) is 22.0. The van der Waals surface area contributed by atoms with Crippen molar-refractivity contribution in [2.75, 3.05) is 20.3 Å². The Morgan fingerprint density at radius 1 is 1.47 bits per heavy atom. The van der Waals surface area contributed by atoms with Crippen LogP contribution in [0.1, 0.15) is 10.4 Å². The van der Waals surface area contributed by atoms with Gasteiger partial charge in [-0.15, -0.1) is 0 Å². The largest absolute Gasteiger partial charge is 0.490 e. The molecule has 0 unspecified atom stereocenters. The number of hydrogen-bond acceptors (Lipinski definition) is 6. The molecule has 1 aromatic carbocycles. The van der Waals surface area contributed by atoms with Crippen LogP contribution < -0.4 is 10.1 Å². The van der Waals surface area contributed by atoms with Crippen molar-refractivity contribution in [3.8, 4) is 5.75 Å². The van der Waals surface area contributed by atoms with Gasteiger partial charge in [-0.25, -0.2) is 0 Å². The van der Waals surface area contributed by atoms with E-state index >= 15 is 0 Å². The molecule has 8 heteroatoms. The summed E-state index contributed by atoms with van der Waals surface area (Å²) in [6.45, 7) is -0.890. The Morgan fingerprint density at radius 2 is 2.11 bits per heavy atom. The molecule has 0 spiro atoms. The first-order chi connectivity index (χ1) is 9.04. The van der Waals surface area contributed by atoms with Gasteiger partial charge in [0.05, 0.1) is 36.9 Å². The van der Waals surface area contributed by atoms with E-state index in [1.165, 1.54) is 25.3 Å². The Morgan fingerprint density at radius 3 is 2.58 bits per heavy atom. The van der Waals surface area contributed by atoms with E-state index in [-0.39, 0.29) is 17.0 Å². The molecule has 0 saturated carbocycles. The van der Waals surface area contributed by atoms with Gasteiger partial charge in [0, 0.05) is 6.07 Å². The van der Waals surface area contributed by atoms with Crippen molar-refractivity contribution >= 4 is 11.6 Å². The molecule has 0 bridgehead atoms. The van der Waals surface area contributed by atoms with Crippen LogP contribution in [0.4, 0.5) is 5.69 Å². The summed E-state index contributed by atoms with van der Waals surface area (Å²) >= 11 is 0. The zero-order chi connectivity index (χ0) is 14.4. The number of carbonyl (C=O) groups excluding carboxylic acids is 1. The summed E-state index contributed by atoms with van der Waals surface area (Å²) in [5.41, 5.74) is -0.372. The van der Waals surface area contributed by atoms with E-state index in [1.807, 2.05) is 0 Å². The summed E-state index contributed by atoms with van der Waals surface area (Å²) < 4.78 is 4.88. The highest BCUT2D eigenvalue weighted by Crippen LogP contribution is 2.30. The number of carbonyl (C=O) groups is 1. The quantitative estimate of drug-likeness (QED) is 0.481. The summed E-state index contributed by atoms with van der Waals surface area (Å²) in [5.74, 6) is -0.840. The second-order valence-corrected chi connectivity index (χ2v) is 3.65. The third kappa shape index (κ3) is 3.39. The second kappa shape index (κ2) is 6.66. The third-order valence-electron chi connectivity index (χ3n) is 2.42. The minimum Gasteiger partial charge on any atom is -0.490 e. The lowest BCUT2D eigenvalue weighted by Crippen LogP contribution is -2.40. The van der Waals surface area contributed by atoms with E-state index in [1.54, 1.807) is 0 Å². The zero-order valence-electron chi connectivity index (χ0n) is 10.2. The van der Waals surface area contributed by atoms with Crippen LogP contribution in [0.2, 0.25) is 0 Å². The maximum Gasteiger partial charge on any atom is 0.311 e. The molecular weight excluding hydrogens is 256 g/mol.